The van der Waals surface area contributed by atoms with Crippen LogP contribution in [-0.2, 0) is 27.9 Å². The quantitative estimate of drug-likeness (QED) is 0.0752. The summed E-state index contributed by atoms with van der Waals surface area (Å²) in [5, 5.41) is 0. The van der Waals surface area contributed by atoms with Gasteiger partial charge in [-0.15, -0.1) is 0 Å². The molecule has 0 radical (unpaired) electrons. The third-order valence-corrected chi connectivity index (χ3v) is 6.56. The van der Waals surface area contributed by atoms with E-state index in [-0.39, 0.29) is 25.8 Å². The van der Waals surface area contributed by atoms with Crippen LogP contribution >= 0.6 is 7.82 Å². The number of phosphoric ester groups is 1. The van der Waals surface area contributed by atoms with Crippen LogP contribution in [0.4, 0.5) is 0 Å². The molecule has 0 aliphatic rings. The zero-order chi connectivity index (χ0) is 25.7. The second-order valence-corrected chi connectivity index (χ2v) is 11.6. The number of unbranched alkanes of at least 4 members (excludes halogenated alkanes) is 12. The number of esters is 1. The molecule has 0 aliphatic carbocycles. The molecule has 0 amide bonds. The minimum atomic E-state index is -4.21. The molecule has 2 unspecified atom stereocenters. The molecule has 0 aliphatic heterocycles. The zero-order valence-electron chi connectivity index (χ0n) is 22.6. The molecule has 0 heterocycles. The summed E-state index contributed by atoms with van der Waals surface area (Å²) >= 11 is 0. The second-order valence-electron chi connectivity index (χ2n) is 10.2. The maximum absolute atomic E-state index is 12.1. The minimum absolute atomic E-state index is 0.0865. The maximum atomic E-state index is 12.1. The van der Waals surface area contributed by atoms with Gasteiger partial charge in [-0.25, -0.2) is 4.57 Å². The third-order valence-electron chi connectivity index (χ3n) is 5.58. The van der Waals surface area contributed by atoms with Gasteiger partial charge in [-0.3, -0.25) is 13.8 Å². The van der Waals surface area contributed by atoms with Crippen molar-refractivity contribution in [3.63, 3.8) is 0 Å². The van der Waals surface area contributed by atoms with Crippen molar-refractivity contribution in [2.24, 2.45) is 0 Å². The average Bonchev–Trinajstić information content (AvgIpc) is 2.74. The predicted molar refractivity (Wildman–Crippen MR) is 137 cm³/mol. The summed E-state index contributed by atoms with van der Waals surface area (Å²) in [4.78, 5) is 22.0. The smallest absolute Gasteiger partial charge is 0.457 e. The summed E-state index contributed by atoms with van der Waals surface area (Å²) in [5.41, 5.74) is 0. The Kier molecular flexibility index (Phi) is 20.4. The maximum Gasteiger partial charge on any atom is 0.472 e. The Morgan fingerprint density at radius 1 is 0.824 bits per heavy atom. The number of carbonyl (C=O) groups is 1. The van der Waals surface area contributed by atoms with Gasteiger partial charge in [-0.2, -0.15) is 0 Å². The number of quaternary nitrogens is 1. The molecule has 0 spiro atoms. The fraction of sp³-hybridized carbons (Fsp3) is 0.960. The summed E-state index contributed by atoms with van der Waals surface area (Å²) in [7, 11) is 3.14. The summed E-state index contributed by atoms with van der Waals surface area (Å²) in [6.45, 7) is 2.73. The van der Waals surface area contributed by atoms with Gasteiger partial charge in [0.05, 0.1) is 34.4 Å². The number of rotatable bonds is 24. The molecule has 0 saturated heterocycles. The molecule has 1 N–H and O–H groups in total. The monoisotopic (exact) mass is 510 g/mol. The fourth-order valence-corrected chi connectivity index (χ4v) is 4.22. The highest BCUT2D eigenvalue weighted by atomic mass is 31.2. The highest BCUT2D eigenvalue weighted by molar-refractivity contribution is 7.47. The van der Waals surface area contributed by atoms with E-state index in [1.54, 1.807) is 0 Å². The van der Waals surface area contributed by atoms with Crippen molar-refractivity contribution < 1.29 is 37.3 Å². The van der Waals surface area contributed by atoms with E-state index in [1.165, 1.54) is 71.3 Å². The lowest BCUT2D eigenvalue weighted by molar-refractivity contribution is -0.870. The summed E-state index contributed by atoms with van der Waals surface area (Å²) in [5.74, 6) is -0.340. The van der Waals surface area contributed by atoms with Gasteiger partial charge in [-0.05, 0) is 6.42 Å². The Hall–Kier alpha value is -0.500. The fourth-order valence-electron chi connectivity index (χ4n) is 3.48. The molecule has 0 fully saturated rings. The van der Waals surface area contributed by atoms with Crippen molar-refractivity contribution in [1.29, 1.82) is 0 Å². The normalized spacial score (nSPS) is 14.6. The second kappa shape index (κ2) is 20.7. The average molecular weight is 511 g/mol. The van der Waals surface area contributed by atoms with Crippen LogP contribution in [-0.4, -0.2) is 76.1 Å². The van der Waals surface area contributed by atoms with E-state index in [9.17, 15) is 14.3 Å². The van der Waals surface area contributed by atoms with E-state index < -0.39 is 13.9 Å². The van der Waals surface area contributed by atoms with Crippen LogP contribution in [0, 0.1) is 0 Å². The number of methoxy groups -OCH3 is 1. The van der Waals surface area contributed by atoms with Crippen molar-refractivity contribution in [3.05, 3.63) is 0 Å². The molecule has 0 bridgehead atoms. The molecule has 0 aromatic rings. The Balaban J connectivity index is 3.86. The first-order chi connectivity index (χ1) is 16.1. The van der Waals surface area contributed by atoms with Crippen LogP contribution in [0.5, 0.6) is 0 Å². The molecule has 0 saturated carbocycles. The largest absolute Gasteiger partial charge is 0.472 e. The SMILES string of the molecule is CCCCCCCCCCCCCCCC(=O)OC(COC)COP(=O)(O)OCC[N+](C)(C)C. The van der Waals surface area contributed by atoms with Gasteiger partial charge in [0.15, 0.2) is 0 Å². The predicted octanol–water partition coefficient (Wildman–Crippen LogP) is 5.87. The van der Waals surface area contributed by atoms with E-state index in [0.717, 1.165) is 19.3 Å². The van der Waals surface area contributed by atoms with E-state index in [1.807, 2.05) is 21.1 Å². The van der Waals surface area contributed by atoms with Gasteiger partial charge in [-0.1, -0.05) is 84.0 Å². The third kappa shape index (κ3) is 23.3. The Labute approximate surface area is 208 Å². The van der Waals surface area contributed by atoms with Crippen LogP contribution in [0.25, 0.3) is 0 Å². The summed E-state index contributed by atoms with van der Waals surface area (Å²) < 4.78 is 33.0. The van der Waals surface area contributed by atoms with Gasteiger partial charge in [0.25, 0.3) is 0 Å². The molecule has 0 aromatic heterocycles. The Bertz CT molecular complexity index is 540. The number of ether oxygens (including phenoxy) is 2. The lowest BCUT2D eigenvalue weighted by atomic mass is 10.0. The Morgan fingerprint density at radius 2 is 1.32 bits per heavy atom. The van der Waals surface area contributed by atoms with Crippen LogP contribution in [0.15, 0.2) is 0 Å². The molecule has 0 aromatic carbocycles. The highest BCUT2D eigenvalue weighted by Gasteiger charge is 2.26. The van der Waals surface area contributed by atoms with Crippen molar-refractivity contribution in [3.8, 4) is 0 Å². The number of likely N-dealkylation sites (N-methyl/N-ethyl adjacent to an activating group) is 1. The molecule has 8 nitrogen and oxygen atoms in total. The van der Waals surface area contributed by atoms with Crippen LogP contribution in [0.1, 0.15) is 96.8 Å². The topological polar surface area (TPSA) is 91.3 Å². The van der Waals surface area contributed by atoms with Crippen LogP contribution < -0.4 is 0 Å². The van der Waals surface area contributed by atoms with E-state index >= 15 is 0 Å². The molecule has 0 rings (SSSR count). The molecule has 9 heteroatoms. The lowest BCUT2D eigenvalue weighted by Crippen LogP contribution is -2.37. The number of carbonyl (C=O) groups excluding carboxylic acids is 1. The van der Waals surface area contributed by atoms with Gasteiger partial charge in [0.2, 0.25) is 0 Å². The van der Waals surface area contributed by atoms with Crippen molar-refractivity contribution >= 4 is 13.8 Å². The number of nitrogens with zero attached hydrogens (tertiary/aromatic N) is 1. The van der Waals surface area contributed by atoms with Gasteiger partial charge in [0.1, 0.15) is 19.3 Å². The standard InChI is InChI=1S/C25H52NO7P/c1-6-7-8-9-10-11-12-13-14-15-16-17-18-19-25(27)33-24(22-30-5)23-32-34(28,29)31-21-20-26(2,3)4/h24H,6-23H2,1-5H3/p+1. The molecule has 204 valence electrons. The van der Waals surface area contributed by atoms with Crippen molar-refractivity contribution in [2.75, 3.05) is 54.6 Å². The summed E-state index contributed by atoms with van der Waals surface area (Å²) in [6.07, 6.45) is 15.8. The molecule has 34 heavy (non-hydrogen) atoms. The zero-order valence-corrected chi connectivity index (χ0v) is 23.5. The van der Waals surface area contributed by atoms with Gasteiger partial charge >= 0.3 is 13.8 Å². The minimum Gasteiger partial charge on any atom is -0.457 e. The highest BCUT2D eigenvalue weighted by Crippen LogP contribution is 2.43. The number of hydrogen-bond acceptors (Lipinski definition) is 6. The Morgan fingerprint density at radius 3 is 1.79 bits per heavy atom. The lowest BCUT2D eigenvalue weighted by Gasteiger charge is -2.24. The number of phosphoric acid groups is 1. The first-order valence-corrected chi connectivity index (χ1v) is 14.7. The van der Waals surface area contributed by atoms with E-state index in [4.69, 9.17) is 18.5 Å². The van der Waals surface area contributed by atoms with Gasteiger partial charge in [0, 0.05) is 13.5 Å². The van der Waals surface area contributed by atoms with E-state index in [0.29, 0.717) is 17.4 Å². The van der Waals surface area contributed by atoms with Gasteiger partial charge < -0.3 is 18.9 Å². The molecular weight excluding hydrogens is 457 g/mol. The van der Waals surface area contributed by atoms with Crippen molar-refractivity contribution in [1.82, 2.24) is 0 Å². The van der Waals surface area contributed by atoms with E-state index in [2.05, 4.69) is 6.92 Å². The molecular formula is C25H53NO7P+. The first kappa shape index (κ1) is 33.5. The van der Waals surface area contributed by atoms with Crippen LogP contribution in [0.2, 0.25) is 0 Å². The first-order valence-electron chi connectivity index (χ1n) is 13.2. The number of hydrogen-bond donors (Lipinski definition) is 1. The van der Waals surface area contributed by atoms with Crippen LogP contribution in [0.3, 0.4) is 0 Å². The van der Waals surface area contributed by atoms with Crippen molar-refractivity contribution in [2.45, 2.75) is 103 Å². The summed E-state index contributed by atoms with van der Waals surface area (Å²) in [6, 6.07) is 0. The molecule has 2 atom stereocenters.